The van der Waals surface area contributed by atoms with Gasteiger partial charge in [0.15, 0.2) is 0 Å². The molecule has 1 aromatic rings. The van der Waals surface area contributed by atoms with Gasteiger partial charge in [0, 0.05) is 19.3 Å². The number of hydrogen-bond donors (Lipinski definition) is 2. The lowest BCUT2D eigenvalue weighted by atomic mass is 10.2. The number of alkyl carbamates (subject to hydrolysis) is 1. The van der Waals surface area contributed by atoms with Crippen molar-refractivity contribution in [3.63, 3.8) is 0 Å². The monoisotopic (exact) mass is 295 g/mol. The van der Waals surface area contributed by atoms with Gasteiger partial charge in [0.05, 0.1) is 6.20 Å². The third-order valence-corrected chi connectivity index (χ3v) is 2.24. The molecule has 116 valence electrons. The summed E-state index contributed by atoms with van der Waals surface area (Å²) in [5.74, 6) is -0.312. The van der Waals surface area contributed by atoms with Crippen LogP contribution >= 0.6 is 0 Å². The number of nitrogens with one attached hydrogen (secondary N) is 2. The molecular weight excluding hydrogens is 274 g/mol. The second-order valence-corrected chi connectivity index (χ2v) is 5.36. The number of rotatable bonds is 6. The van der Waals surface area contributed by atoms with Gasteiger partial charge in [-0.05, 0) is 33.6 Å². The molecule has 1 heterocycles. The molecule has 0 saturated carbocycles. The van der Waals surface area contributed by atoms with Gasteiger partial charge >= 0.3 is 6.09 Å². The summed E-state index contributed by atoms with van der Waals surface area (Å²) in [5.41, 5.74) is -0.498. The summed E-state index contributed by atoms with van der Waals surface area (Å²) in [5, 5.41) is 12.5. The van der Waals surface area contributed by atoms with Gasteiger partial charge in [-0.1, -0.05) is 0 Å². The minimum atomic E-state index is -0.498. The Labute approximate surface area is 123 Å². The Kier molecular flexibility index (Phi) is 6.51. The minimum absolute atomic E-state index is 0.0457. The first-order chi connectivity index (χ1) is 9.88. The Balaban J connectivity index is 2.07. The number of hydrogen-bond acceptors (Lipinski definition) is 6. The lowest BCUT2D eigenvalue weighted by Crippen LogP contribution is -2.33. The zero-order valence-corrected chi connectivity index (χ0v) is 12.5. The Morgan fingerprint density at radius 1 is 1.14 bits per heavy atom. The Bertz CT molecular complexity index is 459. The maximum atomic E-state index is 11.6. The summed E-state index contributed by atoms with van der Waals surface area (Å²) in [6.07, 6.45) is 3.83. The van der Waals surface area contributed by atoms with Crippen LogP contribution in [0.4, 0.5) is 4.79 Å². The molecule has 8 nitrogen and oxygen atoms in total. The fraction of sp³-hybridized carbons (Fsp3) is 0.615. The van der Waals surface area contributed by atoms with Gasteiger partial charge in [0.25, 0.3) is 5.91 Å². The average Bonchev–Trinajstić information content (AvgIpc) is 2.41. The van der Waals surface area contributed by atoms with Crippen LogP contribution in [0.15, 0.2) is 12.4 Å². The Hall–Kier alpha value is -2.25. The molecule has 0 spiro atoms. The van der Waals surface area contributed by atoms with Crippen LogP contribution in [0.25, 0.3) is 0 Å². The number of amides is 2. The second-order valence-electron chi connectivity index (χ2n) is 5.36. The SMILES string of the molecule is CC(C)(C)OC(=O)NCCCCNC(=O)c1nccnn1. The molecule has 21 heavy (non-hydrogen) atoms. The van der Waals surface area contributed by atoms with Gasteiger partial charge in [-0.3, -0.25) is 4.79 Å². The van der Waals surface area contributed by atoms with Gasteiger partial charge in [-0.25, -0.2) is 9.78 Å². The molecular formula is C13H21N5O3. The van der Waals surface area contributed by atoms with Gasteiger partial charge in [-0.2, -0.15) is 5.10 Å². The maximum Gasteiger partial charge on any atom is 0.407 e. The van der Waals surface area contributed by atoms with Crippen LogP contribution in [-0.2, 0) is 4.74 Å². The number of nitrogens with zero attached hydrogens (tertiary/aromatic N) is 3. The lowest BCUT2D eigenvalue weighted by molar-refractivity contribution is 0.0526. The number of ether oxygens (including phenoxy) is 1. The predicted molar refractivity (Wildman–Crippen MR) is 75.6 cm³/mol. The first kappa shape index (κ1) is 16.8. The number of unbranched alkanes of at least 4 members (excludes halogenated alkanes) is 1. The van der Waals surface area contributed by atoms with Gasteiger partial charge in [0.2, 0.25) is 5.82 Å². The Morgan fingerprint density at radius 2 is 1.81 bits per heavy atom. The third kappa shape index (κ3) is 7.81. The summed E-state index contributed by atoms with van der Waals surface area (Å²) >= 11 is 0. The molecule has 1 aromatic heterocycles. The van der Waals surface area contributed by atoms with E-state index in [0.29, 0.717) is 13.1 Å². The van der Waals surface area contributed by atoms with E-state index < -0.39 is 11.7 Å². The number of carbonyl (C=O) groups is 2. The van der Waals surface area contributed by atoms with Crippen molar-refractivity contribution in [1.29, 1.82) is 0 Å². The highest BCUT2D eigenvalue weighted by molar-refractivity contribution is 5.90. The summed E-state index contributed by atoms with van der Waals surface area (Å²) in [6, 6.07) is 0. The first-order valence-corrected chi connectivity index (χ1v) is 6.77. The fourth-order valence-corrected chi connectivity index (χ4v) is 1.39. The third-order valence-electron chi connectivity index (χ3n) is 2.24. The van der Waals surface area contributed by atoms with E-state index in [1.807, 2.05) is 20.8 Å². The molecule has 0 aliphatic carbocycles. The second kappa shape index (κ2) is 8.13. The molecule has 0 aliphatic heterocycles. The molecule has 0 bridgehead atoms. The van der Waals surface area contributed by atoms with Crippen molar-refractivity contribution in [3.05, 3.63) is 18.2 Å². The summed E-state index contributed by atoms with van der Waals surface area (Å²) in [4.78, 5) is 26.7. The van der Waals surface area contributed by atoms with Crippen LogP contribution in [0, 0.1) is 0 Å². The van der Waals surface area contributed by atoms with E-state index in [-0.39, 0.29) is 11.7 Å². The van der Waals surface area contributed by atoms with E-state index in [9.17, 15) is 9.59 Å². The van der Waals surface area contributed by atoms with E-state index in [0.717, 1.165) is 12.8 Å². The Morgan fingerprint density at radius 3 is 2.38 bits per heavy atom. The van der Waals surface area contributed by atoms with E-state index in [1.165, 1.54) is 12.4 Å². The summed E-state index contributed by atoms with van der Waals surface area (Å²) < 4.78 is 5.10. The maximum absolute atomic E-state index is 11.6. The smallest absolute Gasteiger partial charge is 0.407 e. The average molecular weight is 295 g/mol. The van der Waals surface area contributed by atoms with Crippen LogP contribution < -0.4 is 10.6 Å². The van der Waals surface area contributed by atoms with Gasteiger partial charge in [-0.15, -0.1) is 5.10 Å². The lowest BCUT2D eigenvalue weighted by Gasteiger charge is -2.19. The molecule has 2 N–H and O–H groups in total. The summed E-state index contributed by atoms with van der Waals surface area (Å²) in [6.45, 7) is 6.40. The molecule has 2 amide bonds. The van der Waals surface area contributed by atoms with Crippen molar-refractivity contribution in [1.82, 2.24) is 25.8 Å². The van der Waals surface area contributed by atoms with Crippen LogP contribution in [0.3, 0.4) is 0 Å². The zero-order chi connectivity index (χ0) is 15.7. The normalized spacial score (nSPS) is 10.8. The highest BCUT2D eigenvalue weighted by Crippen LogP contribution is 2.06. The van der Waals surface area contributed by atoms with E-state index in [2.05, 4.69) is 25.8 Å². The molecule has 0 atom stereocenters. The minimum Gasteiger partial charge on any atom is -0.444 e. The van der Waals surface area contributed by atoms with Crippen molar-refractivity contribution >= 4 is 12.0 Å². The van der Waals surface area contributed by atoms with Crippen molar-refractivity contribution in [2.75, 3.05) is 13.1 Å². The zero-order valence-electron chi connectivity index (χ0n) is 12.5. The number of carbonyl (C=O) groups excluding carboxylic acids is 2. The van der Waals surface area contributed by atoms with Crippen LogP contribution in [0.2, 0.25) is 0 Å². The topological polar surface area (TPSA) is 106 Å². The molecule has 0 fully saturated rings. The standard InChI is InChI=1S/C13H21N5O3/c1-13(2,3)21-12(20)16-7-5-4-6-15-11(19)10-14-8-9-17-18-10/h8-9H,4-7H2,1-3H3,(H,15,19)(H,16,20). The molecule has 0 aliphatic rings. The number of aromatic nitrogens is 3. The van der Waals surface area contributed by atoms with Crippen LogP contribution in [-0.4, -0.2) is 45.9 Å². The van der Waals surface area contributed by atoms with E-state index in [1.54, 1.807) is 0 Å². The predicted octanol–water partition coefficient (Wildman–Crippen LogP) is 0.906. The van der Waals surface area contributed by atoms with Crippen LogP contribution in [0.1, 0.15) is 44.2 Å². The van der Waals surface area contributed by atoms with Gasteiger partial charge < -0.3 is 15.4 Å². The summed E-state index contributed by atoms with van der Waals surface area (Å²) in [7, 11) is 0. The largest absolute Gasteiger partial charge is 0.444 e. The van der Waals surface area contributed by atoms with Crippen molar-refractivity contribution in [2.24, 2.45) is 0 Å². The van der Waals surface area contributed by atoms with E-state index in [4.69, 9.17) is 4.74 Å². The quantitative estimate of drug-likeness (QED) is 0.755. The molecule has 0 aromatic carbocycles. The van der Waals surface area contributed by atoms with Crippen molar-refractivity contribution in [2.45, 2.75) is 39.2 Å². The highest BCUT2D eigenvalue weighted by atomic mass is 16.6. The fourth-order valence-electron chi connectivity index (χ4n) is 1.39. The van der Waals surface area contributed by atoms with Crippen molar-refractivity contribution in [3.8, 4) is 0 Å². The molecule has 0 unspecified atom stereocenters. The van der Waals surface area contributed by atoms with Gasteiger partial charge in [0.1, 0.15) is 5.60 Å². The van der Waals surface area contributed by atoms with E-state index >= 15 is 0 Å². The van der Waals surface area contributed by atoms with Crippen LogP contribution in [0.5, 0.6) is 0 Å². The molecule has 8 heteroatoms. The first-order valence-electron chi connectivity index (χ1n) is 6.77. The molecule has 0 saturated heterocycles. The highest BCUT2D eigenvalue weighted by Gasteiger charge is 2.15. The van der Waals surface area contributed by atoms with Crippen molar-refractivity contribution < 1.29 is 14.3 Å². The molecule has 0 radical (unpaired) electrons. The molecule has 1 rings (SSSR count).